The Morgan fingerprint density at radius 3 is 3.00 bits per heavy atom. The maximum absolute atomic E-state index is 12.0. The molecule has 1 aromatic rings. The van der Waals surface area contributed by atoms with Crippen LogP contribution in [0.1, 0.15) is 42.5 Å². The molecule has 0 N–H and O–H groups in total. The van der Waals surface area contributed by atoms with Crippen LogP contribution in [0.25, 0.3) is 0 Å². The second kappa shape index (κ2) is 6.69. The summed E-state index contributed by atoms with van der Waals surface area (Å²) >= 11 is 9.23. The van der Waals surface area contributed by atoms with Gasteiger partial charge in [-0.15, -0.1) is 0 Å². The van der Waals surface area contributed by atoms with Crippen molar-refractivity contribution in [3.63, 3.8) is 0 Å². The summed E-state index contributed by atoms with van der Waals surface area (Å²) in [5, 5.41) is 0.637. The highest BCUT2D eigenvalue weighted by Crippen LogP contribution is 2.24. The van der Waals surface area contributed by atoms with E-state index >= 15 is 0 Å². The number of carbonyl (C=O) groups excluding carboxylic acids is 1. The first kappa shape index (κ1) is 14.0. The third-order valence-corrected chi connectivity index (χ3v) is 4.08. The van der Waals surface area contributed by atoms with Crippen LogP contribution in [0.2, 0.25) is 5.02 Å². The fourth-order valence-electron chi connectivity index (χ4n) is 2.21. The van der Waals surface area contributed by atoms with E-state index in [2.05, 4.69) is 15.9 Å². The summed E-state index contributed by atoms with van der Waals surface area (Å²) in [5.41, 5.74) is 0.715. The predicted octanol–water partition coefficient (Wildman–Crippen LogP) is 4.63. The van der Waals surface area contributed by atoms with Crippen molar-refractivity contribution in [2.24, 2.45) is 0 Å². The van der Waals surface area contributed by atoms with Crippen molar-refractivity contribution in [1.29, 1.82) is 0 Å². The van der Waals surface area contributed by atoms with Gasteiger partial charge in [0, 0.05) is 28.1 Å². The van der Waals surface area contributed by atoms with Crippen molar-refractivity contribution < 1.29 is 9.53 Å². The normalized spacial score (nSPS) is 19.1. The van der Waals surface area contributed by atoms with Crippen LogP contribution in [0.15, 0.2) is 22.7 Å². The smallest absolute Gasteiger partial charge is 0.164 e. The maximum atomic E-state index is 12.0. The Kier molecular flexibility index (Phi) is 5.22. The van der Waals surface area contributed by atoms with Crippen LogP contribution in [0.5, 0.6) is 0 Å². The molecule has 0 aromatic heterocycles. The van der Waals surface area contributed by atoms with Crippen LogP contribution < -0.4 is 0 Å². The average molecular weight is 332 g/mol. The molecular weight excluding hydrogens is 316 g/mol. The highest BCUT2D eigenvalue weighted by atomic mass is 79.9. The molecule has 1 saturated heterocycles. The number of carbonyl (C=O) groups is 1. The summed E-state index contributed by atoms with van der Waals surface area (Å²) < 4.78 is 6.32. The summed E-state index contributed by atoms with van der Waals surface area (Å²) in [6.07, 6.45) is 5.10. The first-order valence-electron chi connectivity index (χ1n) is 6.26. The molecule has 1 aromatic carbocycles. The monoisotopic (exact) mass is 330 g/mol. The van der Waals surface area contributed by atoms with E-state index in [0.29, 0.717) is 23.1 Å². The van der Waals surface area contributed by atoms with Crippen LogP contribution >= 0.6 is 27.5 Å². The van der Waals surface area contributed by atoms with Crippen molar-refractivity contribution in [3.8, 4) is 0 Å². The standard InChI is InChI=1S/C14H16BrClO2/c15-13-9-10(16)6-7-12(13)14(17)5-1-3-11-4-2-8-18-11/h6-7,9,11H,1-5,8H2. The van der Waals surface area contributed by atoms with Crippen molar-refractivity contribution >= 4 is 33.3 Å². The summed E-state index contributed by atoms with van der Waals surface area (Å²) in [6, 6.07) is 5.29. The largest absolute Gasteiger partial charge is 0.378 e. The van der Waals surface area contributed by atoms with Crippen LogP contribution in [-0.2, 0) is 4.74 Å². The van der Waals surface area contributed by atoms with Gasteiger partial charge < -0.3 is 4.74 Å². The average Bonchev–Trinajstić information content (AvgIpc) is 2.81. The molecule has 4 heteroatoms. The van der Waals surface area contributed by atoms with Gasteiger partial charge in [-0.2, -0.15) is 0 Å². The van der Waals surface area contributed by atoms with E-state index in [9.17, 15) is 4.79 Å². The molecule has 0 spiro atoms. The molecular formula is C14H16BrClO2. The highest BCUT2D eigenvalue weighted by molar-refractivity contribution is 9.10. The molecule has 0 radical (unpaired) electrons. The summed E-state index contributed by atoms with van der Waals surface area (Å²) in [5.74, 6) is 0.163. The zero-order valence-electron chi connectivity index (χ0n) is 10.1. The minimum atomic E-state index is 0.163. The Morgan fingerprint density at radius 1 is 1.50 bits per heavy atom. The molecule has 1 heterocycles. The van der Waals surface area contributed by atoms with Gasteiger partial charge in [0.25, 0.3) is 0 Å². The van der Waals surface area contributed by atoms with E-state index in [1.54, 1.807) is 18.2 Å². The quantitative estimate of drug-likeness (QED) is 0.735. The maximum Gasteiger partial charge on any atom is 0.164 e. The minimum absolute atomic E-state index is 0.163. The molecule has 98 valence electrons. The lowest BCUT2D eigenvalue weighted by atomic mass is 10.0. The molecule has 0 aliphatic carbocycles. The first-order valence-corrected chi connectivity index (χ1v) is 7.44. The Bertz CT molecular complexity index is 428. The predicted molar refractivity (Wildman–Crippen MR) is 76.3 cm³/mol. The van der Waals surface area contributed by atoms with E-state index in [1.807, 2.05) is 0 Å². The van der Waals surface area contributed by atoms with Gasteiger partial charge in [0.1, 0.15) is 0 Å². The number of rotatable bonds is 5. The number of hydrogen-bond donors (Lipinski definition) is 0. The molecule has 1 fully saturated rings. The van der Waals surface area contributed by atoms with Gasteiger partial charge in [-0.05, 0) is 59.8 Å². The van der Waals surface area contributed by atoms with Crippen LogP contribution in [0.4, 0.5) is 0 Å². The van der Waals surface area contributed by atoms with Crippen LogP contribution in [0.3, 0.4) is 0 Å². The first-order chi connectivity index (χ1) is 8.66. The molecule has 2 rings (SSSR count). The number of halogens is 2. The van der Waals surface area contributed by atoms with Gasteiger partial charge >= 0.3 is 0 Å². The second-order valence-electron chi connectivity index (χ2n) is 4.57. The molecule has 2 nitrogen and oxygen atoms in total. The van der Waals surface area contributed by atoms with E-state index in [0.717, 1.165) is 36.8 Å². The van der Waals surface area contributed by atoms with Crippen molar-refractivity contribution in [1.82, 2.24) is 0 Å². The molecule has 1 aliphatic rings. The van der Waals surface area contributed by atoms with E-state index in [-0.39, 0.29) is 5.78 Å². The number of benzene rings is 1. The Morgan fingerprint density at radius 2 is 2.33 bits per heavy atom. The van der Waals surface area contributed by atoms with Crippen molar-refractivity contribution in [3.05, 3.63) is 33.3 Å². The van der Waals surface area contributed by atoms with Crippen molar-refractivity contribution in [2.45, 2.75) is 38.2 Å². The lowest BCUT2D eigenvalue weighted by molar-refractivity contribution is 0.0922. The van der Waals surface area contributed by atoms with Gasteiger partial charge in [0.2, 0.25) is 0 Å². The van der Waals surface area contributed by atoms with Crippen molar-refractivity contribution in [2.75, 3.05) is 6.61 Å². The van der Waals surface area contributed by atoms with Gasteiger partial charge in [-0.3, -0.25) is 4.79 Å². The van der Waals surface area contributed by atoms with Crippen LogP contribution in [0, 0.1) is 0 Å². The van der Waals surface area contributed by atoms with Crippen LogP contribution in [-0.4, -0.2) is 18.5 Å². The lowest BCUT2D eigenvalue weighted by Gasteiger charge is -2.08. The third-order valence-electron chi connectivity index (χ3n) is 3.19. The molecule has 1 atom stereocenters. The highest BCUT2D eigenvalue weighted by Gasteiger charge is 2.16. The molecule has 0 amide bonds. The number of Topliss-reactive ketones (excluding diaryl/α,β-unsaturated/α-hetero) is 1. The van der Waals surface area contributed by atoms with Gasteiger partial charge in [0.15, 0.2) is 5.78 Å². The fourth-order valence-corrected chi connectivity index (χ4v) is 3.12. The summed E-state index contributed by atoms with van der Waals surface area (Å²) in [4.78, 5) is 12.0. The fraction of sp³-hybridized carbons (Fsp3) is 0.500. The van der Waals surface area contributed by atoms with Gasteiger partial charge in [-0.1, -0.05) is 11.6 Å². The topological polar surface area (TPSA) is 26.3 Å². The Labute approximate surface area is 121 Å². The SMILES string of the molecule is O=C(CCCC1CCCO1)c1ccc(Cl)cc1Br. The number of hydrogen-bond acceptors (Lipinski definition) is 2. The van der Waals surface area contributed by atoms with E-state index < -0.39 is 0 Å². The molecule has 18 heavy (non-hydrogen) atoms. The number of ether oxygens (including phenoxy) is 1. The second-order valence-corrected chi connectivity index (χ2v) is 5.87. The van der Waals surface area contributed by atoms with Gasteiger partial charge in [0.05, 0.1) is 6.10 Å². The van der Waals surface area contributed by atoms with E-state index in [1.165, 1.54) is 0 Å². The molecule has 0 saturated carbocycles. The molecule has 1 unspecified atom stereocenters. The molecule has 0 bridgehead atoms. The third kappa shape index (κ3) is 3.81. The Hall–Kier alpha value is -0.380. The molecule has 1 aliphatic heterocycles. The lowest BCUT2D eigenvalue weighted by Crippen LogP contribution is -2.07. The Balaban J connectivity index is 1.83. The van der Waals surface area contributed by atoms with Gasteiger partial charge in [-0.25, -0.2) is 0 Å². The zero-order chi connectivity index (χ0) is 13.0. The number of ketones is 1. The summed E-state index contributed by atoms with van der Waals surface area (Å²) in [6.45, 7) is 0.876. The zero-order valence-corrected chi connectivity index (χ0v) is 12.5. The summed E-state index contributed by atoms with van der Waals surface area (Å²) in [7, 11) is 0. The minimum Gasteiger partial charge on any atom is -0.378 e. The van der Waals surface area contributed by atoms with E-state index in [4.69, 9.17) is 16.3 Å².